The third-order valence-electron chi connectivity index (χ3n) is 2.68. The van der Waals surface area contributed by atoms with Gasteiger partial charge in [0.05, 0.1) is 0 Å². The van der Waals surface area contributed by atoms with Crippen molar-refractivity contribution in [1.82, 2.24) is 5.32 Å². The van der Waals surface area contributed by atoms with Gasteiger partial charge in [-0.1, -0.05) is 24.6 Å². The molecule has 1 unspecified atom stereocenters. The fourth-order valence-electron chi connectivity index (χ4n) is 1.80. The smallest absolute Gasteiger partial charge is 0.127 e. The van der Waals surface area contributed by atoms with Gasteiger partial charge in [-0.05, 0) is 31.5 Å². The quantitative estimate of drug-likeness (QED) is 0.813. The molecule has 1 aromatic rings. The number of methoxy groups -OCH3 is 1. The Kier molecular flexibility index (Phi) is 6.48. The number of likely N-dealkylation sites (N-methyl/N-ethyl adjacent to an activating group) is 1. The molecule has 0 fully saturated rings. The molecule has 0 aliphatic carbocycles. The Morgan fingerprint density at radius 3 is 2.82 bits per heavy atom. The first kappa shape index (κ1) is 14.4. The molecule has 0 saturated carbocycles. The van der Waals surface area contributed by atoms with Crippen LogP contribution in [0.5, 0.6) is 0 Å². The van der Waals surface area contributed by atoms with Crippen LogP contribution in [0.4, 0.5) is 4.39 Å². The van der Waals surface area contributed by atoms with Crippen molar-refractivity contribution in [2.45, 2.75) is 25.8 Å². The standard InChI is InChI=1S/C13H19ClFNO/c1-3-16-10(7-8-17-2)9-11-12(14)5-4-6-13(11)15/h4-6,10,16H,3,7-9H2,1-2H3. The molecule has 0 heterocycles. The Morgan fingerprint density at radius 1 is 1.47 bits per heavy atom. The first-order chi connectivity index (χ1) is 8.19. The topological polar surface area (TPSA) is 21.3 Å². The second-order valence-corrected chi connectivity index (χ2v) is 4.35. The molecule has 0 radical (unpaired) electrons. The van der Waals surface area contributed by atoms with Crippen LogP contribution in [0.15, 0.2) is 18.2 Å². The van der Waals surface area contributed by atoms with Crippen molar-refractivity contribution in [2.75, 3.05) is 20.3 Å². The van der Waals surface area contributed by atoms with Gasteiger partial charge in [-0.25, -0.2) is 4.39 Å². The molecule has 1 aromatic carbocycles. The lowest BCUT2D eigenvalue weighted by atomic mass is 10.0. The number of halogens is 2. The van der Waals surface area contributed by atoms with E-state index in [0.29, 0.717) is 23.6 Å². The van der Waals surface area contributed by atoms with Crippen molar-refractivity contribution >= 4 is 11.6 Å². The number of rotatable bonds is 7. The first-order valence-corrected chi connectivity index (χ1v) is 6.22. The third kappa shape index (κ3) is 4.62. The summed E-state index contributed by atoms with van der Waals surface area (Å²) in [4.78, 5) is 0. The summed E-state index contributed by atoms with van der Waals surface area (Å²) < 4.78 is 18.7. The van der Waals surface area contributed by atoms with Gasteiger partial charge < -0.3 is 10.1 Å². The Bertz CT molecular complexity index is 326. The van der Waals surface area contributed by atoms with Crippen LogP contribution in [-0.4, -0.2) is 26.3 Å². The van der Waals surface area contributed by atoms with Crippen LogP contribution in [0.1, 0.15) is 18.9 Å². The van der Waals surface area contributed by atoms with Gasteiger partial charge in [-0.2, -0.15) is 0 Å². The van der Waals surface area contributed by atoms with Crippen LogP contribution in [-0.2, 0) is 11.2 Å². The van der Waals surface area contributed by atoms with Gasteiger partial charge in [0.15, 0.2) is 0 Å². The number of ether oxygens (including phenoxy) is 1. The molecule has 0 amide bonds. The van der Waals surface area contributed by atoms with Gasteiger partial charge >= 0.3 is 0 Å². The van der Waals surface area contributed by atoms with Crippen molar-refractivity contribution in [3.63, 3.8) is 0 Å². The fourth-order valence-corrected chi connectivity index (χ4v) is 2.04. The molecule has 4 heteroatoms. The van der Waals surface area contributed by atoms with Gasteiger partial charge in [0.2, 0.25) is 0 Å². The van der Waals surface area contributed by atoms with Crippen molar-refractivity contribution < 1.29 is 9.13 Å². The lowest BCUT2D eigenvalue weighted by Gasteiger charge is -2.18. The molecule has 0 saturated heterocycles. The van der Waals surface area contributed by atoms with Crippen molar-refractivity contribution in [2.24, 2.45) is 0 Å². The van der Waals surface area contributed by atoms with E-state index in [1.54, 1.807) is 19.2 Å². The molecular formula is C13H19ClFNO. The summed E-state index contributed by atoms with van der Waals surface area (Å²) in [6.45, 7) is 3.53. The zero-order valence-corrected chi connectivity index (χ0v) is 11.1. The molecular weight excluding hydrogens is 241 g/mol. The Hall–Kier alpha value is -0.640. The number of hydrogen-bond acceptors (Lipinski definition) is 2. The molecule has 0 aromatic heterocycles. The van der Waals surface area contributed by atoms with Gasteiger partial charge in [-0.15, -0.1) is 0 Å². The Balaban J connectivity index is 2.70. The van der Waals surface area contributed by atoms with E-state index in [2.05, 4.69) is 5.32 Å². The molecule has 1 N–H and O–H groups in total. The minimum atomic E-state index is -0.238. The second-order valence-electron chi connectivity index (χ2n) is 3.94. The summed E-state index contributed by atoms with van der Waals surface area (Å²) in [6, 6.07) is 4.98. The Labute approximate surface area is 107 Å². The molecule has 0 bridgehead atoms. The van der Waals surface area contributed by atoms with Gasteiger partial charge in [-0.3, -0.25) is 0 Å². The van der Waals surface area contributed by atoms with Gasteiger partial charge in [0.25, 0.3) is 0 Å². The largest absolute Gasteiger partial charge is 0.385 e. The highest BCUT2D eigenvalue weighted by Crippen LogP contribution is 2.21. The highest BCUT2D eigenvalue weighted by Gasteiger charge is 2.13. The third-order valence-corrected chi connectivity index (χ3v) is 3.03. The molecule has 96 valence electrons. The van der Waals surface area contributed by atoms with Crippen LogP contribution in [0.2, 0.25) is 5.02 Å². The predicted octanol–water partition coefficient (Wildman–Crippen LogP) is 3.04. The van der Waals surface area contributed by atoms with E-state index in [1.165, 1.54) is 6.07 Å². The number of nitrogens with one attached hydrogen (secondary N) is 1. The summed E-state index contributed by atoms with van der Waals surface area (Å²) in [6.07, 6.45) is 1.43. The molecule has 0 aliphatic heterocycles. The van der Waals surface area contributed by atoms with E-state index in [1.807, 2.05) is 6.92 Å². The normalized spacial score (nSPS) is 12.7. The summed E-state index contributed by atoms with van der Waals surface area (Å²) >= 11 is 6.01. The van der Waals surface area contributed by atoms with E-state index < -0.39 is 0 Å². The average Bonchev–Trinajstić information content (AvgIpc) is 2.31. The van der Waals surface area contributed by atoms with Crippen LogP contribution in [0.25, 0.3) is 0 Å². The lowest BCUT2D eigenvalue weighted by Crippen LogP contribution is -2.32. The van der Waals surface area contributed by atoms with Crippen molar-refractivity contribution in [3.05, 3.63) is 34.6 Å². The van der Waals surface area contributed by atoms with Crippen LogP contribution < -0.4 is 5.32 Å². The van der Waals surface area contributed by atoms with Gasteiger partial charge in [0, 0.05) is 30.3 Å². The molecule has 1 rings (SSSR count). The Morgan fingerprint density at radius 2 is 2.24 bits per heavy atom. The van der Waals surface area contributed by atoms with E-state index in [-0.39, 0.29) is 11.9 Å². The molecule has 2 nitrogen and oxygen atoms in total. The maximum absolute atomic E-state index is 13.6. The number of hydrogen-bond donors (Lipinski definition) is 1. The maximum Gasteiger partial charge on any atom is 0.127 e. The monoisotopic (exact) mass is 259 g/mol. The number of benzene rings is 1. The highest BCUT2D eigenvalue weighted by atomic mass is 35.5. The fraction of sp³-hybridized carbons (Fsp3) is 0.538. The minimum absolute atomic E-state index is 0.189. The second kappa shape index (κ2) is 7.64. The zero-order chi connectivity index (χ0) is 12.7. The first-order valence-electron chi connectivity index (χ1n) is 5.84. The molecule has 0 aliphatic rings. The average molecular weight is 260 g/mol. The molecule has 17 heavy (non-hydrogen) atoms. The predicted molar refractivity (Wildman–Crippen MR) is 69.1 cm³/mol. The molecule has 0 spiro atoms. The highest BCUT2D eigenvalue weighted by molar-refractivity contribution is 6.31. The lowest BCUT2D eigenvalue weighted by molar-refractivity contribution is 0.182. The van der Waals surface area contributed by atoms with Crippen LogP contribution >= 0.6 is 11.6 Å². The van der Waals surface area contributed by atoms with Gasteiger partial charge in [0.1, 0.15) is 5.82 Å². The summed E-state index contributed by atoms with van der Waals surface area (Å²) in [5, 5.41) is 3.81. The summed E-state index contributed by atoms with van der Waals surface area (Å²) in [5.41, 5.74) is 0.580. The van der Waals surface area contributed by atoms with E-state index >= 15 is 0 Å². The summed E-state index contributed by atoms with van der Waals surface area (Å²) in [7, 11) is 1.67. The van der Waals surface area contributed by atoms with Crippen LogP contribution in [0.3, 0.4) is 0 Å². The van der Waals surface area contributed by atoms with E-state index in [9.17, 15) is 4.39 Å². The van der Waals surface area contributed by atoms with Crippen molar-refractivity contribution in [3.8, 4) is 0 Å². The van der Waals surface area contributed by atoms with Crippen LogP contribution in [0, 0.1) is 5.82 Å². The van der Waals surface area contributed by atoms with Crippen molar-refractivity contribution in [1.29, 1.82) is 0 Å². The SMILES string of the molecule is CCNC(CCOC)Cc1c(F)cccc1Cl. The van der Waals surface area contributed by atoms with E-state index in [4.69, 9.17) is 16.3 Å². The van der Waals surface area contributed by atoms with E-state index in [0.717, 1.165) is 13.0 Å². The minimum Gasteiger partial charge on any atom is -0.385 e. The zero-order valence-electron chi connectivity index (χ0n) is 10.3. The maximum atomic E-state index is 13.6. The summed E-state index contributed by atoms with van der Waals surface area (Å²) in [5.74, 6) is -0.238. The molecule has 1 atom stereocenters.